The van der Waals surface area contributed by atoms with Crippen molar-refractivity contribution >= 4 is 21.8 Å². The molecule has 1 saturated heterocycles. The van der Waals surface area contributed by atoms with Crippen LogP contribution in [0.15, 0.2) is 24.3 Å². The van der Waals surface area contributed by atoms with E-state index in [0.29, 0.717) is 11.9 Å². The second-order valence-electron chi connectivity index (χ2n) is 5.64. The number of carbonyl (C=O) groups is 1. The SMILES string of the molecule is O=C(C1Cc2ccccc21)N1CCCCCC1CBr. The van der Waals surface area contributed by atoms with Crippen molar-refractivity contribution in [2.24, 2.45) is 0 Å². The number of hydrogen-bond acceptors (Lipinski definition) is 1. The van der Waals surface area contributed by atoms with E-state index in [1.54, 1.807) is 0 Å². The Kier molecular flexibility index (Phi) is 3.92. The summed E-state index contributed by atoms with van der Waals surface area (Å²) in [6, 6.07) is 8.75. The Labute approximate surface area is 123 Å². The second-order valence-corrected chi connectivity index (χ2v) is 6.29. The van der Waals surface area contributed by atoms with Gasteiger partial charge in [0.15, 0.2) is 0 Å². The van der Waals surface area contributed by atoms with Gasteiger partial charge < -0.3 is 4.90 Å². The molecule has 0 spiro atoms. The summed E-state index contributed by atoms with van der Waals surface area (Å²) in [5.41, 5.74) is 2.61. The molecule has 1 aliphatic heterocycles. The minimum Gasteiger partial charge on any atom is -0.338 e. The van der Waals surface area contributed by atoms with E-state index in [2.05, 4.69) is 39.0 Å². The first-order chi connectivity index (χ1) is 9.31. The third kappa shape index (κ3) is 2.45. The van der Waals surface area contributed by atoms with Crippen molar-refractivity contribution in [3.63, 3.8) is 0 Å². The summed E-state index contributed by atoms with van der Waals surface area (Å²) in [6.45, 7) is 0.938. The standard InChI is InChI=1S/C16H20BrNO/c17-11-13-7-2-1-5-9-18(13)16(19)15-10-12-6-3-4-8-14(12)15/h3-4,6,8,13,15H,1-2,5,7,9-11H2. The Bertz CT molecular complexity index is 474. The number of rotatable bonds is 2. The molecule has 102 valence electrons. The van der Waals surface area contributed by atoms with Crippen molar-refractivity contribution in [1.82, 2.24) is 4.90 Å². The normalized spacial score (nSPS) is 26.3. The van der Waals surface area contributed by atoms with Gasteiger partial charge in [0.2, 0.25) is 5.91 Å². The molecule has 2 aliphatic rings. The zero-order chi connectivity index (χ0) is 13.2. The molecule has 1 aliphatic carbocycles. The maximum Gasteiger partial charge on any atom is 0.230 e. The predicted octanol–water partition coefficient (Wildman–Crippen LogP) is 3.49. The van der Waals surface area contributed by atoms with Crippen molar-refractivity contribution in [1.29, 1.82) is 0 Å². The van der Waals surface area contributed by atoms with Crippen LogP contribution in [0.5, 0.6) is 0 Å². The minimum absolute atomic E-state index is 0.121. The second kappa shape index (κ2) is 5.66. The quantitative estimate of drug-likeness (QED) is 0.763. The number of amides is 1. The van der Waals surface area contributed by atoms with Gasteiger partial charge in [-0.25, -0.2) is 0 Å². The fraction of sp³-hybridized carbons (Fsp3) is 0.562. The number of hydrogen-bond donors (Lipinski definition) is 0. The van der Waals surface area contributed by atoms with Crippen LogP contribution in [-0.2, 0) is 11.2 Å². The molecular weight excluding hydrogens is 302 g/mol. The Morgan fingerprint density at radius 2 is 2.11 bits per heavy atom. The monoisotopic (exact) mass is 321 g/mol. The lowest BCUT2D eigenvalue weighted by Crippen LogP contribution is -2.45. The van der Waals surface area contributed by atoms with Crippen LogP contribution in [0.4, 0.5) is 0 Å². The molecule has 0 aromatic heterocycles. The molecule has 1 aromatic rings. The first-order valence-corrected chi connectivity index (χ1v) is 8.37. The maximum absolute atomic E-state index is 12.8. The lowest BCUT2D eigenvalue weighted by molar-refractivity contribution is -0.135. The van der Waals surface area contributed by atoms with Crippen LogP contribution < -0.4 is 0 Å². The van der Waals surface area contributed by atoms with Gasteiger partial charge >= 0.3 is 0 Å². The highest BCUT2D eigenvalue weighted by molar-refractivity contribution is 9.09. The first kappa shape index (κ1) is 13.2. The smallest absolute Gasteiger partial charge is 0.230 e. The number of likely N-dealkylation sites (tertiary alicyclic amines) is 1. The Morgan fingerprint density at radius 1 is 1.26 bits per heavy atom. The lowest BCUT2D eigenvalue weighted by Gasteiger charge is -2.37. The van der Waals surface area contributed by atoms with Gasteiger partial charge in [-0.05, 0) is 30.4 Å². The fourth-order valence-corrected chi connectivity index (χ4v) is 3.98. The van der Waals surface area contributed by atoms with Crippen LogP contribution in [0.2, 0.25) is 0 Å². The van der Waals surface area contributed by atoms with Crippen LogP contribution in [0, 0.1) is 0 Å². The number of halogens is 1. The number of benzene rings is 1. The van der Waals surface area contributed by atoms with Crippen molar-refractivity contribution in [3.8, 4) is 0 Å². The van der Waals surface area contributed by atoms with Gasteiger partial charge in [-0.1, -0.05) is 53.0 Å². The topological polar surface area (TPSA) is 20.3 Å². The zero-order valence-corrected chi connectivity index (χ0v) is 12.7. The van der Waals surface area contributed by atoms with Crippen LogP contribution >= 0.6 is 15.9 Å². The van der Waals surface area contributed by atoms with E-state index in [9.17, 15) is 4.79 Å². The Hall–Kier alpha value is -0.830. The number of alkyl halides is 1. The molecule has 0 N–H and O–H groups in total. The molecule has 3 heteroatoms. The van der Waals surface area contributed by atoms with E-state index >= 15 is 0 Å². The number of fused-ring (bicyclic) bond motifs is 1. The molecule has 0 saturated carbocycles. The highest BCUT2D eigenvalue weighted by Crippen LogP contribution is 2.37. The zero-order valence-electron chi connectivity index (χ0n) is 11.1. The fourth-order valence-electron chi connectivity index (χ4n) is 3.31. The molecule has 2 nitrogen and oxygen atoms in total. The molecule has 1 fully saturated rings. The Morgan fingerprint density at radius 3 is 2.89 bits per heavy atom. The van der Waals surface area contributed by atoms with Gasteiger partial charge in [-0.15, -0.1) is 0 Å². The number of nitrogens with zero attached hydrogens (tertiary/aromatic N) is 1. The third-order valence-corrected chi connectivity index (χ3v) is 5.24. The molecule has 3 rings (SSSR count). The molecular formula is C16H20BrNO. The molecule has 0 bridgehead atoms. The van der Waals surface area contributed by atoms with Crippen molar-refractivity contribution in [3.05, 3.63) is 35.4 Å². The summed E-state index contributed by atoms with van der Waals surface area (Å²) >= 11 is 3.58. The minimum atomic E-state index is 0.121. The largest absolute Gasteiger partial charge is 0.338 e. The van der Waals surface area contributed by atoms with Gasteiger partial charge in [0.05, 0.1) is 5.92 Å². The summed E-state index contributed by atoms with van der Waals surface area (Å²) < 4.78 is 0. The van der Waals surface area contributed by atoms with E-state index in [1.807, 2.05) is 6.07 Å². The molecule has 2 unspecified atom stereocenters. The molecule has 1 heterocycles. The summed E-state index contributed by atoms with van der Waals surface area (Å²) in [5.74, 6) is 0.473. The van der Waals surface area contributed by atoms with E-state index in [-0.39, 0.29) is 5.92 Å². The lowest BCUT2D eigenvalue weighted by atomic mass is 9.76. The van der Waals surface area contributed by atoms with Crippen LogP contribution in [-0.4, -0.2) is 28.7 Å². The average molecular weight is 322 g/mol. The summed E-state index contributed by atoms with van der Waals surface area (Å²) in [4.78, 5) is 14.9. The molecule has 1 amide bonds. The predicted molar refractivity (Wildman–Crippen MR) is 80.7 cm³/mol. The van der Waals surface area contributed by atoms with Crippen molar-refractivity contribution in [2.45, 2.75) is 44.1 Å². The highest BCUT2D eigenvalue weighted by atomic mass is 79.9. The van der Waals surface area contributed by atoms with E-state index < -0.39 is 0 Å². The maximum atomic E-state index is 12.8. The molecule has 19 heavy (non-hydrogen) atoms. The molecule has 1 aromatic carbocycles. The Balaban J connectivity index is 1.76. The third-order valence-electron chi connectivity index (χ3n) is 4.49. The van der Waals surface area contributed by atoms with E-state index in [1.165, 1.54) is 24.0 Å². The number of carbonyl (C=O) groups excluding carboxylic acids is 1. The first-order valence-electron chi connectivity index (χ1n) is 7.25. The van der Waals surface area contributed by atoms with Crippen molar-refractivity contribution in [2.75, 3.05) is 11.9 Å². The summed E-state index contributed by atoms with van der Waals surface area (Å²) in [6.07, 6.45) is 5.74. The molecule has 2 atom stereocenters. The average Bonchev–Trinajstić information content (AvgIpc) is 2.65. The molecule has 0 radical (unpaired) electrons. The van der Waals surface area contributed by atoms with Gasteiger partial charge in [-0.3, -0.25) is 4.79 Å². The van der Waals surface area contributed by atoms with Gasteiger partial charge in [0, 0.05) is 17.9 Å². The van der Waals surface area contributed by atoms with Crippen LogP contribution in [0.1, 0.15) is 42.7 Å². The van der Waals surface area contributed by atoms with Gasteiger partial charge in [-0.2, -0.15) is 0 Å². The van der Waals surface area contributed by atoms with Crippen molar-refractivity contribution < 1.29 is 4.79 Å². The summed E-state index contributed by atoms with van der Waals surface area (Å²) in [5, 5.41) is 0.910. The highest BCUT2D eigenvalue weighted by Gasteiger charge is 2.36. The van der Waals surface area contributed by atoms with Gasteiger partial charge in [0.25, 0.3) is 0 Å². The van der Waals surface area contributed by atoms with E-state index in [4.69, 9.17) is 0 Å². The van der Waals surface area contributed by atoms with E-state index in [0.717, 1.165) is 31.1 Å². The van der Waals surface area contributed by atoms with Crippen LogP contribution in [0.3, 0.4) is 0 Å². The van der Waals surface area contributed by atoms with Gasteiger partial charge in [0.1, 0.15) is 0 Å². The van der Waals surface area contributed by atoms with Crippen LogP contribution in [0.25, 0.3) is 0 Å². The summed E-state index contributed by atoms with van der Waals surface area (Å²) in [7, 11) is 0.